The summed E-state index contributed by atoms with van der Waals surface area (Å²) in [7, 11) is 1.31. The molecule has 1 aromatic rings. The molecule has 0 atom stereocenters. The van der Waals surface area contributed by atoms with E-state index in [1.54, 1.807) is 12.1 Å². The summed E-state index contributed by atoms with van der Waals surface area (Å²) >= 11 is 0. The van der Waals surface area contributed by atoms with E-state index in [1.807, 2.05) is 0 Å². The molecule has 0 spiro atoms. The molecule has 0 fully saturated rings. The van der Waals surface area contributed by atoms with E-state index in [2.05, 4.69) is 9.57 Å². The molecule has 17 heavy (non-hydrogen) atoms. The predicted octanol–water partition coefficient (Wildman–Crippen LogP) is 0.387. The van der Waals surface area contributed by atoms with Crippen molar-refractivity contribution in [3.63, 3.8) is 0 Å². The fourth-order valence-corrected chi connectivity index (χ4v) is 1.50. The second-order valence-corrected chi connectivity index (χ2v) is 3.35. The smallest absolute Gasteiger partial charge is 0.358 e. The van der Waals surface area contributed by atoms with Crippen LogP contribution in [0.1, 0.15) is 20.7 Å². The van der Waals surface area contributed by atoms with E-state index in [0.29, 0.717) is 5.06 Å². The minimum Gasteiger partial charge on any atom is -0.373 e. The molecule has 6 heteroatoms. The molecule has 1 aliphatic heterocycles. The minimum atomic E-state index is -0.804. The summed E-state index contributed by atoms with van der Waals surface area (Å²) in [5, 5.41) is 0.450. The van der Waals surface area contributed by atoms with E-state index >= 15 is 0 Å². The third-order valence-electron chi connectivity index (χ3n) is 2.21. The Kier molecular flexibility index (Phi) is 2.88. The van der Waals surface area contributed by atoms with Gasteiger partial charge in [-0.1, -0.05) is 17.2 Å². The van der Waals surface area contributed by atoms with Gasteiger partial charge in [-0.3, -0.25) is 9.59 Å². The zero-order valence-electron chi connectivity index (χ0n) is 9.00. The molecule has 0 N–H and O–H groups in total. The Morgan fingerprint density at radius 1 is 1.18 bits per heavy atom. The minimum absolute atomic E-state index is 0.225. The number of rotatable bonds is 3. The lowest BCUT2D eigenvalue weighted by Gasteiger charge is -2.11. The number of fused-ring (bicyclic) bond motifs is 1. The van der Waals surface area contributed by atoms with Crippen molar-refractivity contribution < 1.29 is 24.0 Å². The van der Waals surface area contributed by atoms with Crippen LogP contribution in [0.3, 0.4) is 0 Å². The van der Waals surface area contributed by atoms with Crippen LogP contribution < -0.4 is 0 Å². The molecule has 0 saturated heterocycles. The highest BCUT2D eigenvalue weighted by atomic mass is 16.7. The van der Waals surface area contributed by atoms with E-state index in [-0.39, 0.29) is 17.7 Å². The molecular weight excluding hydrogens is 226 g/mol. The Bertz CT molecular complexity index is 461. The van der Waals surface area contributed by atoms with Crippen LogP contribution in [0.2, 0.25) is 0 Å². The van der Waals surface area contributed by atoms with Crippen LogP contribution in [0, 0.1) is 0 Å². The van der Waals surface area contributed by atoms with Crippen molar-refractivity contribution in [2.75, 3.05) is 13.7 Å². The maximum absolute atomic E-state index is 11.7. The highest BCUT2D eigenvalue weighted by Crippen LogP contribution is 2.22. The van der Waals surface area contributed by atoms with Gasteiger partial charge in [0, 0.05) is 7.11 Å². The second-order valence-electron chi connectivity index (χ2n) is 3.35. The van der Waals surface area contributed by atoms with E-state index in [0.717, 1.165) is 0 Å². The summed E-state index contributed by atoms with van der Waals surface area (Å²) in [6.45, 7) is -0.326. The molecule has 0 bridgehead atoms. The third-order valence-corrected chi connectivity index (χ3v) is 2.21. The van der Waals surface area contributed by atoms with Crippen molar-refractivity contribution in [3.05, 3.63) is 35.4 Å². The van der Waals surface area contributed by atoms with Gasteiger partial charge < -0.3 is 9.57 Å². The van der Waals surface area contributed by atoms with Gasteiger partial charge in [0.05, 0.1) is 11.1 Å². The maximum Gasteiger partial charge on any atom is 0.358 e. The summed E-state index contributed by atoms with van der Waals surface area (Å²) in [4.78, 5) is 39.2. The molecule has 2 amide bonds. The largest absolute Gasteiger partial charge is 0.373 e. The zero-order chi connectivity index (χ0) is 12.4. The Balaban J connectivity index is 2.22. The van der Waals surface area contributed by atoms with Crippen LogP contribution in [0.5, 0.6) is 0 Å². The first-order chi connectivity index (χ1) is 8.15. The summed E-state index contributed by atoms with van der Waals surface area (Å²) in [6.07, 6.45) is 0. The molecule has 2 rings (SSSR count). The van der Waals surface area contributed by atoms with Crippen molar-refractivity contribution in [1.29, 1.82) is 0 Å². The van der Waals surface area contributed by atoms with Crippen LogP contribution in [0.15, 0.2) is 24.3 Å². The van der Waals surface area contributed by atoms with Crippen LogP contribution >= 0.6 is 0 Å². The molecule has 88 valence electrons. The number of methoxy groups -OCH3 is 1. The zero-order valence-corrected chi connectivity index (χ0v) is 9.00. The van der Waals surface area contributed by atoms with Gasteiger partial charge in [0.15, 0.2) is 0 Å². The lowest BCUT2D eigenvalue weighted by atomic mass is 10.1. The van der Waals surface area contributed by atoms with Crippen LogP contribution in [0.25, 0.3) is 0 Å². The first kappa shape index (κ1) is 11.3. The molecule has 0 saturated carbocycles. The van der Waals surface area contributed by atoms with Gasteiger partial charge >= 0.3 is 5.97 Å². The van der Waals surface area contributed by atoms with E-state index in [9.17, 15) is 14.4 Å². The van der Waals surface area contributed by atoms with Crippen molar-refractivity contribution in [2.24, 2.45) is 0 Å². The third kappa shape index (κ3) is 1.90. The highest BCUT2D eigenvalue weighted by Gasteiger charge is 2.38. The number of benzene rings is 1. The van der Waals surface area contributed by atoms with Crippen LogP contribution in [-0.4, -0.2) is 36.6 Å². The van der Waals surface area contributed by atoms with Crippen LogP contribution in [-0.2, 0) is 14.4 Å². The number of imide groups is 1. The van der Waals surface area contributed by atoms with Crippen molar-refractivity contribution in [3.8, 4) is 0 Å². The molecule has 6 nitrogen and oxygen atoms in total. The quantitative estimate of drug-likeness (QED) is 0.708. The lowest BCUT2D eigenvalue weighted by molar-refractivity contribution is -0.172. The topological polar surface area (TPSA) is 72.9 Å². The fourth-order valence-electron chi connectivity index (χ4n) is 1.50. The number of amides is 2. The maximum atomic E-state index is 11.7. The summed E-state index contributed by atoms with van der Waals surface area (Å²) < 4.78 is 4.54. The second kappa shape index (κ2) is 4.34. The summed E-state index contributed by atoms with van der Waals surface area (Å²) in [5.74, 6) is -2.09. The standard InChI is InChI=1S/C11H9NO5/c1-16-6-9(13)17-12-10(14)7-4-2-3-5-8(7)11(12)15/h2-5H,6H2,1H3. The van der Waals surface area contributed by atoms with Crippen molar-refractivity contribution >= 4 is 17.8 Å². The van der Waals surface area contributed by atoms with Gasteiger partial charge in [-0.2, -0.15) is 0 Å². The van der Waals surface area contributed by atoms with E-state index in [4.69, 9.17) is 0 Å². The predicted molar refractivity (Wildman–Crippen MR) is 54.9 cm³/mol. The number of hydrogen-bond acceptors (Lipinski definition) is 5. The van der Waals surface area contributed by atoms with E-state index in [1.165, 1.54) is 19.2 Å². The van der Waals surface area contributed by atoms with Gasteiger partial charge in [-0.25, -0.2) is 4.79 Å². The Morgan fingerprint density at radius 3 is 2.18 bits per heavy atom. The lowest BCUT2D eigenvalue weighted by Crippen LogP contribution is -2.33. The summed E-state index contributed by atoms with van der Waals surface area (Å²) in [5.41, 5.74) is 0.449. The Labute approximate surface area is 96.7 Å². The monoisotopic (exact) mass is 235 g/mol. The SMILES string of the molecule is COCC(=O)ON1C(=O)c2ccccc2C1=O. The van der Waals surface area contributed by atoms with E-state index < -0.39 is 17.8 Å². The van der Waals surface area contributed by atoms with Crippen molar-refractivity contribution in [2.45, 2.75) is 0 Å². The number of hydroxylamine groups is 2. The normalized spacial score (nSPS) is 13.8. The fraction of sp³-hybridized carbons (Fsp3) is 0.182. The first-order valence-electron chi connectivity index (χ1n) is 4.82. The Hall–Kier alpha value is -2.21. The van der Waals surface area contributed by atoms with Gasteiger partial charge in [-0.15, -0.1) is 0 Å². The van der Waals surface area contributed by atoms with Crippen LogP contribution in [0.4, 0.5) is 0 Å². The average Bonchev–Trinajstić information content (AvgIpc) is 2.56. The van der Waals surface area contributed by atoms with Gasteiger partial charge in [-0.05, 0) is 12.1 Å². The first-order valence-corrected chi connectivity index (χ1v) is 4.82. The molecule has 1 heterocycles. The summed E-state index contributed by atoms with van der Waals surface area (Å²) in [6, 6.07) is 6.26. The van der Waals surface area contributed by atoms with Gasteiger partial charge in [0.2, 0.25) is 0 Å². The molecular formula is C11H9NO5. The molecule has 0 unspecified atom stereocenters. The number of ether oxygens (including phenoxy) is 1. The molecule has 0 radical (unpaired) electrons. The number of carbonyl (C=O) groups excluding carboxylic acids is 3. The number of nitrogens with zero attached hydrogens (tertiary/aromatic N) is 1. The molecule has 0 aromatic heterocycles. The molecule has 1 aromatic carbocycles. The Morgan fingerprint density at radius 2 is 1.71 bits per heavy atom. The van der Waals surface area contributed by atoms with Gasteiger partial charge in [0.25, 0.3) is 11.8 Å². The molecule has 1 aliphatic rings. The number of carbonyl (C=O) groups is 3. The molecule has 0 aliphatic carbocycles. The van der Waals surface area contributed by atoms with Crippen molar-refractivity contribution in [1.82, 2.24) is 5.06 Å². The van der Waals surface area contributed by atoms with Gasteiger partial charge in [0.1, 0.15) is 6.61 Å². The number of hydrogen-bond donors (Lipinski definition) is 0. The highest BCUT2D eigenvalue weighted by molar-refractivity contribution is 6.20. The average molecular weight is 235 g/mol.